The third-order valence-electron chi connectivity index (χ3n) is 2.99. The minimum Gasteiger partial charge on any atom is -0.442 e. The quantitative estimate of drug-likeness (QED) is 0.472. The maximum atomic E-state index is 10.7. The molecule has 21 heavy (non-hydrogen) atoms. The SMILES string of the molecule is Cc1oc(N=Cc2ccc([N+](=O)[O-])cc2Br)c(C#N)c1C. The molecule has 1 aromatic carbocycles. The van der Waals surface area contributed by atoms with Crippen LogP contribution in [0.25, 0.3) is 0 Å². The van der Waals surface area contributed by atoms with Crippen LogP contribution in [0.15, 0.2) is 32.1 Å². The van der Waals surface area contributed by atoms with E-state index in [4.69, 9.17) is 9.68 Å². The number of halogens is 1. The Morgan fingerprint density at radius 3 is 2.76 bits per heavy atom. The average Bonchev–Trinajstić information content (AvgIpc) is 2.72. The van der Waals surface area contributed by atoms with Gasteiger partial charge in [-0.15, -0.1) is 0 Å². The van der Waals surface area contributed by atoms with Gasteiger partial charge in [0.1, 0.15) is 17.4 Å². The number of aliphatic imine (C=N–C) groups is 1. The van der Waals surface area contributed by atoms with Crippen molar-refractivity contribution in [1.29, 1.82) is 5.26 Å². The Morgan fingerprint density at radius 2 is 2.19 bits per heavy atom. The van der Waals surface area contributed by atoms with Crippen LogP contribution in [0.4, 0.5) is 11.6 Å². The van der Waals surface area contributed by atoms with E-state index in [1.165, 1.54) is 18.3 Å². The van der Waals surface area contributed by atoms with Crippen molar-refractivity contribution >= 4 is 33.7 Å². The fourth-order valence-corrected chi connectivity index (χ4v) is 2.16. The Labute approximate surface area is 129 Å². The fraction of sp³-hybridized carbons (Fsp3) is 0.143. The molecule has 0 N–H and O–H groups in total. The van der Waals surface area contributed by atoms with E-state index in [0.717, 1.165) is 5.56 Å². The van der Waals surface area contributed by atoms with Gasteiger partial charge >= 0.3 is 0 Å². The second-order valence-corrected chi connectivity index (χ2v) is 5.15. The molecule has 0 spiro atoms. The van der Waals surface area contributed by atoms with Crippen molar-refractivity contribution in [3.8, 4) is 6.07 Å². The summed E-state index contributed by atoms with van der Waals surface area (Å²) in [6.45, 7) is 3.55. The van der Waals surface area contributed by atoms with Gasteiger partial charge in [-0.25, -0.2) is 4.99 Å². The first-order valence-corrected chi connectivity index (χ1v) is 6.71. The van der Waals surface area contributed by atoms with E-state index in [1.54, 1.807) is 19.9 Å². The molecule has 0 bridgehead atoms. The molecular weight excluding hydrogens is 338 g/mol. The summed E-state index contributed by atoms with van der Waals surface area (Å²) in [6.07, 6.45) is 1.49. The molecule has 0 aliphatic carbocycles. The molecule has 0 saturated carbocycles. The lowest BCUT2D eigenvalue weighted by Gasteiger charge is -1.97. The highest BCUT2D eigenvalue weighted by molar-refractivity contribution is 9.10. The van der Waals surface area contributed by atoms with Crippen molar-refractivity contribution in [3.05, 3.63) is 55.2 Å². The van der Waals surface area contributed by atoms with Gasteiger partial charge in [0.25, 0.3) is 5.69 Å². The molecule has 6 nitrogen and oxygen atoms in total. The lowest BCUT2D eigenvalue weighted by atomic mass is 10.2. The van der Waals surface area contributed by atoms with Gasteiger partial charge in [0, 0.05) is 33.9 Å². The Balaban J connectivity index is 2.37. The molecule has 2 rings (SSSR count). The van der Waals surface area contributed by atoms with Gasteiger partial charge in [-0.3, -0.25) is 10.1 Å². The van der Waals surface area contributed by atoms with Crippen LogP contribution in [0.3, 0.4) is 0 Å². The zero-order valence-corrected chi connectivity index (χ0v) is 12.8. The largest absolute Gasteiger partial charge is 0.442 e. The molecule has 0 fully saturated rings. The van der Waals surface area contributed by atoms with Crippen molar-refractivity contribution in [3.63, 3.8) is 0 Å². The number of nitriles is 1. The van der Waals surface area contributed by atoms with E-state index in [0.29, 0.717) is 21.4 Å². The minimum absolute atomic E-state index is 0.0126. The Bertz CT molecular complexity index is 787. The number of nitrogens with zero attached hydrogens (tertiary/aromatic N) is 3. The van der Waals surface area contributed by atoms with Gasteiger partial charge in [-0.1, -0.05) is 0 Å². The molecule has 0 saturated heterocycles. The number of non-ortho nitro benzene ring substituents is 1. The highest BCUT2D eigenvalue weighted by Gasteiger charge is 2.13. The molecule has 0 radical (unpaired) electrons. The molecular formula is C14H10BrN3O3. The Morgan fingerprint density at radius 1 is 1.48 bits per heavy atom. The van der Waals surface area contributed by atoms with Crippen LogP contribution < -0.4 is 0 Å². The molecule has 0 amide bonds. The molecule has 0 unspecified atom stereocenters. The first-order chi connectivity index (χ1) is 9.93. The van der Waals surface area contributed by atoms with Crippen molar-refractivity contribution in [2.45, 2.75) is 13.8 Å². The van der Waals surface area contributed by atoms with Crippen LogP contribution in [-0.4, -0.2) is 11.1 Å². The minimum atomic E-state index is -0.473. The van der Waals surface area contributed by atoms with Crippen LogP contribution >= 0.6 is 15.9 Å². The number of nitro groups is 1. The van der Waals surface area contributed by atoms with Gasteiger partial charge in [0.05, 0.1) is 4.92 Å². The Kier molecular flexibility index (Phi) is 4.19. The molecule has 1 aromatic heterocycles. The number of hydrogen-bond donors (Lipinski definition) is 0. The van der Waals surface area contributed by atoms with Crippen LogP contribution in [0.2, 0.25) is 0 Å². The predicted octanol–water partition coefficient (Wildman–Crippen LogP) is 4.19. The Hall–Kier alpha value is -2.46. The lowest BCUT2D eigenvalue weighted by molar-refractivity contribution is -0.384. The molecule has 106 valence electrons. The van der Waals surface area contributed by atoms with Crippen LogP contribution in [0.1, 0.15) is 22.5 Å². The zero-order chi connectivity index (χ0) is 15.6. The normalized spacial score (nSPS) is 10.8. The first-order valence-electron chi connectivity index (χ1n) is 5.92. The van der Waals surface area contributed by atoms with Crippen molar-refractivity contribution in [2.75, 3.05) is 0 Å². The summed E-state index contributed by atoms with van der Waals surface area (Å²) in [5.74, 6) is 0.874. The van der Waals surface area contributed by atoms with E-state index in [2.05, 4.69) is 27.0 Å². The van der Waals surface area contributed by atoms with Crippen LogP contribution in [0.5, 0.6) is 0 Å². The molecule has 2 aromatic rings. The zero-order valence-electron chi connectivity index (χ0n) is 11.3. The van der Waals surface area contributed by atoms with Gasteiger partial charge in [-0.2, -0.15) is 5.26 Å². The summed E-state index contributed by atoms with van der Waals surface area (Å²) >= 11 is 3.25. The van der Waals surface area contributed by atoms with E-state index < -0.39 is 4.92 Å². The highest BCUT2D eigenvalue weighted by atomic mass is 79.9. The number of aryl methyl sites for hydroxylation is 1. The maximum Gasteiger partial charge on any atom is 0.270 e. The van der Waals surface area contributed by atoms with Crippen molar-refractivity contribution < 1.29 is 9.34 Å². The standard InChI is InChI=1S/C14H10BrN3O3/c1-8-9(2)21-14(12(8)6-16)17-7-10-3-4-11(18(19)20)5-13(10)15/h3-5,7H,1-2H3. The second kappa shape index (κ2) is 5.89. The topological polar surface area (TPSA) is 92.4 Å². The highest BCUT2D eigenvalue weighted by Crippen LogP contribution is 2.28. The first kappa shape index (κ1) is 14.9. The summed E-state index contributed by atoms with van der Waals surface area (Å²) in [5.41, 5.74) is 1.78. The number of hydrogen-bond acceptors (Lipinski definition) is 5. The third-order valence-corrected chi connectivity index (χ3v) is 3.68. The van der Waals surface area contributed by atoms with Gasteiger partial charge in [-0.05, 0) is 35.8 Å². The average molecular weight is 348 g/mol. The van der Waals surface area contributed by atoms with E-state index >= 15 is 0 Å². The van der Waals surface area contributed by atoms with Crippen molar-refractivity contribution in [1.82, 2.24) is 0 Å². The van der Waals surface area contributed by atoms with Crippen molar-refractivity contribution in [2.24, 2.45) is 4.99 Å². The summed E-state index contributed by atoms with van der Waals surface area (Å²) in [7, 11) is 0. The second-order valence-electron chi connectivity index (χ2n) is 4.30. The summed E-state index contributed by atoms with van der Waals surface area (Å²) in [6, 6.07) is 6.40. The van der Waals surface area contributed by atoms with E-state index in [-0.39, 0.29) is 11.6 Å². The van der Waals surface area contributed by atoms with E-state index in [1.807, 2.05) is 0 Å². The fourth-order valence-electron chi connectivity index (χ4n) is 1.69. The monoisotopic (exact) mass is 347 g/mol. The smallest absolute Gasteiger partial charge is 0.270 e. The van der Waals surface area contributed by atoms with E-state index in [9.17, 15) is 10.1 Å². The van der Waals surface area contributed by atoms with Gasteiger partial charge < -0.3 is 4.42 Å². The maximum absolute atomic E-state index is 10.7. The molecule has 7 heteroatoms. The molecule has 0 atom stereocenters. The predicted molar refractivity (Wildman–Crippen MR) is 80.9 cm³/mol. The molecule has 1 heterocycles. The molecule has 0 aliphatic heterocycles. The summed E-state index contributed by atoms with van der Waals surface area (Å²) in [4.78, 5) is 14.3. The number of nitro benzene ring substituents is 1. The van der Waals surface area contributed by atoms with Gasteiger partial charge in [0.2, 0.25) is 5.88 Å². The van der Waals surface area contributed by atoms with Crippen LogP contribution in [0, 0.1) is 35.3 Å². The number of benzene rings is 1. The summed E-state index contributed by atoms with van der Waals surface area (Å²) < 4.78 is 5.96. The van der Waals surface area contributed by atoms with Crippen LogP contribution in [-0.2, 0) is 0 Å². The number of rotatable bonds is 3. The molecule has 0 aliphatic rings. The lowest BCUT2D eigenvalue weighted by Crippen LogP contribution is -1.90. The summed E-state index contributed by atoms with van der Waals surface area (Å²) in [5, 5.41) is 19.8. The third kappa shape index (κ3) is 3.01. The van der Waals surface area contributed by atoms with Gasteiger partial charge in [0.15, 0.2) is 0 Å². The number of furan rings is 1.